The molecule has 1 aromatic rings. The Kier molecular flexibility index (Phi) is 6.42. The van der Waals surface area contributed by atoms with E-state index in [9.17, 15) is 4.39 Å². The van der Waals surface area contributed by atoms with Gasteiger partial charge in [-0.2, -0.15) is 0 Å². The summed E-state index contributed by atoms with van der Waals surface area (Å²) in [4.78, 5) is 0. The Morgan fingerprint density at radius 2 is 2.17 bits per heavy atom. The number of aliphatic hydroxyl groups excluding tert-OH is 1. The van der Waals surface area contributed by atoms with Gasteiger partial charge in [0.1, 0.15) is 5.82 Å². The van der Waals surface area contributed by atoms with Gasteiger partial charge in [0, 0.05) is 18.6 Å². The lowest BCUT2D eigenvalue weighted by atomic mass is 10.1. The van der Waals surface area contributed by atoms with E-state index in [1.807, 2.05) is 0 Å². The monoisotopic (exact) mass is 250 g/mol. The molecule has 0 saturated carbocycles. The Bertz CT molecular complexity index is 430. The summed E-state index contributed by atoms with van der Waals surface area (Å²) in [5, 5.41) is 8.67. The van der Waals surface area contributed by atoms with Gasteiger partial charge < -0.3 is 9.84 Å². The van der Waals surface area contributed by atoms with Crippen molar-refractivity contribution >= 4 is 0 Å². The number of ether oxygens (including phenoxy) is 1. The Morgan fingerprint density at radius 3 is 2.83 bits per heavy atom. The van der Waals surface area contributed by atoms with Gasteiger partial charge in [0.05, 0.1) is 13.2 Å². The van der Waals surface area contributed by atoms with Gasteiger partial charge in [0.25, 0.3) is 0 Å². The maximum Gasteiger partial charge on any atom is 0.124 e. The van der Waals surface area contributed by atoms with E-state index in [4.69, 9.17) is 9.84 Å². The molecule has 0 aliphatic rings. The van der Waals surface area contributed by atoms with Gasteiger partial charge in [-0.3, -0.25) is 0 Å². The molecule has 1 N–H and O–H groups in total. The standard InChI is InChI=1S/C15H19FO2/c1-12(2)10-18-11-14-6-7-15(16)9-13(14)5-3-4-8-17/h6-7,9,12,17H,4,8,10-11H2,1-2H3. The van der Waals surface area contributed by atoms with Gasteiger partial charge in [-0.15, -0.1) is 0 Å². The molecule has 1 aromatic carbocycles. The van der Waals surface area contributed by atoms with Gasteiger partial charge in [0.15, 0.2) is 0 Å². The third-order valence-electron chi connectivity index (χ3n) is 2.24. The first-order valence-corrected chi connectivity index (χ1v) is 6.09. The zero-order valence-corrected chi connectivity index (χ0v) is 10.9. The van der Waals surface area contributed by atoms with Crippen molar-refractivity contribution in [3.63, 3.8) is 0 Å². The number of halogens is 1. The topological polar surface area (TPSA) is 29.5 Å². The van der Waals surface area contributed by atoms with Crippen LogP contribution in [0.3, 0.4) is 0 Å². The molecule has 0 heterocycles. The largest absolute Gasteiger partial charge is 0.395 e. The Morgan fingerprint density at radius 1 is 1.39 bits per heavy atom. The summed E-state index contributed by atoms with van der Waals surface area (Å²) in [5.41, 5.74) is 1.51. The van der Waals surface area contributed by atoms with Crippen LogP contribution in [0.4, 0.5) is 4.39 Å². The Labute approximate surface area is 108 Å². The first kappa shape index (κ1) is 14.7. The molecule has 2 nitrogen and oxygen atoms in total. The van der Waals surface area contributed by atoms with E-state index in [1.54, 1.807) is 6.07 Å². The van der Waals surface area contributed by atoms with Crippen molar-refractivity contribution in [2.75, 3.05) is 13.2 Å². The SMILES string of the molecule is CC(C)COCc1ccc(F)cc1C#CCCO. The molecule has 18 heavy (non-hydrogen) atoms. The molecule has 0 unspecified atom stereocenters. The maximum atomic E-state index is 13.1. The maximum absolute atomic E-state index is 13.1. The molecule has 0 saturated heterocycles. The predicted molar refractivity (Wildman–Crippen MR) is 69.5 cm³/mol. The van der Waals surface area contributed by atoms with E-state index in [-0.39, 0.29) is 12.4 Å². The fourth-order valence-corrected chi connectivity index (χ4v) is 1.41. The Balaban J connectivity index is 2.74. The molecule has 0 spiro atoms. The number of aliphatic hydroxyl groups is 1. The van der Waals surface area contributed by atoms with Crippen LogP contribution in [0.25, 0.3) is 0 Å². The van der Waals surface area contributed by atoms with Crippen molar-refractivity contribution in [2.24, 2.45) is 5.92 Å². The quantitative estimate of drug-likeness (QED) is 0.814. The molecule has 0 atom stereocenters. The first-order chi connectivity index (χ1) is 8.63. The van der Waals surface area contributed by atoms with Crippen molar-refractivity contribution in [2.45, 2.75) is 26.9 Å². The van der Waals surface area contributed by atoms with Gasteiger partial charge in [-0.05, 0) is 23.6 Å². The predicted octanol–water partition coefficient (Wildman–Crippen LogP) is 2.73. The van der Waals surface area contributed by atoms with E-state index in [0.29, 0.717) is 31.1 Å². The average molecular weight is 250 g/mol. The molecule has 0 aliphatic heterocycles. The fraction of sp³-hybridized carbons (Fsp3) is 0.467. The van der Waals surface area contributed by atoms with Crippen molar-refractivity contribution < 1.29 is 14.2 Å². The molecule has 3 heteroatoms. The first-order valence-electron chi connectivity index (χ1n) is 6.09. The smallest absolute Gasteiger partial charge is 0.124 e. The van der Waals surface area contributed by atoms with Crippen LogP contribution in [-0.4, -0.2) is 18.3 Å². The van der Waals surface area contributed by atoms with Crippen LogP contribution in [-0.2, 0) is 11.3 Å². The number of hydrogen-bond acceptors (Lipinski definition) is 2. The molecule has 0 fully saturated rings. The van der Waals surface area contributed by atoms with Crippen LogP contribution >= 0.6 is 0 Å². The molecule has 0 aromatic heterocycles. The highest BCUT2D eigenvalue weighted by Crippen LogP contribution is 2.12. The lowest BCUT2D eigenvalue weighted by molar-refractivity contribution is 0.0969. The van der Waals surface area contributed by atoms with Crippen molar-refractivity contribution in [1.82, 2.24) is 0 Å². The average Bonchev–Trinajstić information content (AvgIpc) is 2.32. The second-order valence-electron chi connectivity index (χ2n) is 4.49. The van der Waals surface area contributed by atoms with E-state index in [1.165, 1.54) is 12.1 Å². The fourth-order valence-electron chi connectivity index (χ4n) is 1.41. The molecule has 0 bridgehead atoms. The summed E-state index contributed by atoms with van der Waals surface area (Å²) >= 11 is 0. The van der Waals surface area contributed by atoms with E-state index >= 15 is 0 Å². The third kappa shape index (κ3) is 5.31. The Hall–Kier alpha value is -1.37. The normalized spacial score (nSPS) is 10.3. The zero-order valence-electron chi connectivity index (χ0n) is 10.9. The summed E-state index contributed by atoms with van der Waals surface area (Å²) in [7, 11) is 0. The van der Waals surface area contributed by atoms with Crippen LogP contribution in [0.15, 0.2) is 18.2 Å². The van der Waals surface area contributed by atoms with Gasteiger partial charge in [-0.1, -0.05) is 31.8 Å². The molecule has 0 amide bonds. The minimum atomic E-state index is -0.309. The summed E-state index contributed by atoms with van der Waals surface area (Å²) in [6.07, 6.45) is 0.392. The molecule has 0 aliphatic carbocycles. The summed E-state index contributed by atoms with van der Waals surface area (Å²) in [6, 6.07) is 4.50. The number of hydrogen-bond donors (Lipinski definition) is 1. The summed E-state index contributed by atoms with van der Waals surface area (Å²) in [6.45, 7) is 5.27. The van der Waals surface area contributed by atoms with Crippen LogP contribution in [0.5, 0.6) is 0 Å². The minimum absolute atomic E-state index is 0.0154. The lowest BCUT2D eigenvalue weighted by Gasteiger charge is -2.08. The van der Waals surface area contributed by atoms with Crippen LogP contribution in [0.2, 0.25) is 0 Å². The highest BCUT2D eigenvalue weighted by Gasteiger charge is 2.03. The zero-order chi connectivity index (χ0) is 13.4. The second kappa shape index (κ2) is 7.86. The summed E-state index contributed by atoms with van der Waals surface area (Å²) < 4.78 is 18.7. The molecular formula is C15H19FO2. The van der Waals surface area contributed by atoms with E-state index in [0.717, 1.165) is 5.56 Å². The van der Waals surface area contributed by atoms with Crippen LogP contribution in [0.1, 0.15) is 31.4 Å². The van der Waals surface area contributed by atoms with E-state index < -0.39 is 0 Å². The lowest BCUT2D eigenvalue weighted by Crippen LogP contribution is -2.03. The number of rotatable bonds is 5. The number of benzene rings is 1. The third-order valence-corrected chi connectivity index (χ3v) is 2.24. The molecule has 98 valence electrons. The van der Waals surface area contributed by atoms with Crippen molar-refractivity contribution in [3.8, 4) is 11.8 Å². The van der Waals surface area contributed by atoms with E-state index in [2.05, 4.69) is 25.7 Å². The molecule has 1 rings (SSSR count). The molecule has 0 radical (unpaired) electrons. The van der Waals surface area contributed by atoms with Crippen LogP contribution < -0.4 is 0 Å². The van der Waals surface area contributed by atoms with Gasteiger partial charge in [0.2, 0.25) is 0 Å². The summed E-state index contributed by atoms with van der Waals surface area (Å²) in [5.74, 6) is 5.82. The van der Waals surface area contributed by atoms with Crippen LogP contribution in [0, 0.1) is 23.6 Å². The second-order valence-corrected chi connectivity index (χ2v) is 4.49. The van der Waals surface area contributed by atoms with Crippen molar-refractivity contribution in [1.29, 1.82) is 0 Å². The van der Waals surface area contributed by atoms with Gasteiger partial charge >= 0.3 is 0 Å². The molecular weight excluding hydrogens is 231 g/mol. The highest BCUT2D eigenvalue weighted by atomic mass is 19.1. The minimum Gasteiger partial charge on any atom is -0.395 e. The van der Waals surface area contributed by atoms with Crippen molar-refractivity contribution in [3.05, 3.63) is 35.1 Å². The van der Waals surface area contributed by atoms with Gasteiger partial charge in [-0.25, -0.2) is 4.39 Å². The highest BCUT2D eigenvalue weighted by molar-refractivity contribution is 5.41.